The molecule has 4 heteroatoms. The number of benzene rings is 7. The molecule has 10 rings (SSSR count). The number of rotatable bonds is 2. The summed E-state index contributed by atoms with van der Waals surface area (Å²) in [5, 5.41) is 6.30. The molecule has 1 aliphatic heterocycles. The van der Waals surface area contributed by atoms with Gasteiger partial charge in [-0.15, -0.1) is 0 Å². The van der Waals surface area contributed by atoms with Crippen LogP contribution < -0.4 is 4.90 Å². The molecule has 0 atom stereocenters. The Labute approximate surface area is 282 Å². The molecule has 1 aliphatic carbocycles. The number of fused-ring (bicyclic) bond motifs is 9. The second-order valence-electron chi connectivity index (χ2n) is 13.7. The van der Waals surface area contributed by atoms with E-state index in [2.05, 4.69) is 91.5 Å². The molecule has 0 spiro atoms. The number of para-hydroxylation sites is 2. The van der Waals surface area contributed by atoms with Crippen LogP contribution in [0, 0.1) is 0 Å². The minimum absolute atomic E-state index is 0.212. The fourth-order valence-electron chi connectivity index (χ4n) is 8.14. The molecule has 0 unspecified atom stereocenters. The van der Waals surface area contributed by atoms with Crippen LogP contribution in [0.5, 0.6) is 0 Å². The first kappa shape index (κ1) is 27.8. The van der Waals surface area contributed by atoms with Gasteiger partial charge in [-0.3, -0.25) is 9.59 Å². The van der Waals surface area contributed by atoms with Gasteiger partial charge in [0.05, 0.1) is 16.9 Å². The zero-order valence-electron chi connectivity index (χ0n) is 27.0. The van der Waals surface area contributed by atoms with Gasteiger partial charge in [-0.05, 0) is 92.8 Å². The topological polar surface area (TPSA) is 50.5 Å². The highest BCUT2D eigenvalue weighted by atomic mass is 16.3. The number of furan rings is 1. The van der Waals surface area contributed by atoms with Gasteiger partial charge in [0.25, 0.3) is 0 Å². The average molecular weight is 632 g/mol. The molecule has 2 aliphatic rings. The summed E-state index contributed by atoms with van der Waals surface area (Å²) in [4.78, 5) is 29.4. The molecule has 0 radical (unpaired) electrons. The number of hydrogen-bond acceptors (Lipinski definition) is 4. The van der Waals surface area contributed by atoms with Crippen LogP contribution in [0.4, 0.5) is 17.1 Å². The van der Waals surface area contributed by atoms with Crippen molar-refractivity contribution < 1.29 is 14.0 Å². The van der Waals surface area contributed by atoms with Crippen molar-refractivity contribution in [2.75, 3.05) is 4.90 Å². The number of carbonyl (C=O) groups is 2. The number of carbonyl (C=O) groups excluding carboxylic acids is 2. The fraction of sp³-hybridized carbons (Fsp3) is 0.0667. The van der Waals surface area contributed by atoms with E-state index >= 15 is 0 Å². The third kappa shape index (κ3) is 3.92. The highest BCUT2D eigenvalue weighted by Gasteiger charge is 2.39. The smallest absolute Gasteiger partial charge is 0.197 e. The first-order chi connectivity index (χ1) is 23.9. The van der Waals surface area contributed by atoms with Crippen LogP contribution in [-0.2, 0) is 5.41 Å². The van der Waals surface area contributed by atoms with Crippen molar-refractivity contribution in [3.63, 3.8) is 0 Å². The predicted octanol–water partition coefficient (Wildman–Crippen LogP) is 11.5. The maximum absolute atomic E-state index is 13.5. The van der Waals surface area contributed by atoms with Crippen molar-refractivity contribution in [3.8, 4) is 0 Å². The van der Waals surface area contributed by atoms with Crippen LogP contribution >= 0.6 is 0 Å². The van der Waals surface area contributed by atoms with E-state index in [1.807, 2.05) is 60.7 Å². The molecule has 2 heterocycles. The van der Waals surface area contributed by atoms with Crippen LogP contribution in [0.15, 0.2) is 143 Å². The van der Waals surface area contributed by atoms with Crippen LogP contribution in [0.3, 0.4) is 0 Å². The first-order valence-electron chi connectivity index (χ1n) is 16.6. The second kappa shape index (κ2) is 9.88. The fourth-order valence-corrected chi connectivity index (χ4v) is 8.14. The van der Waals surface area contributed by atoms with Gasteiger partial charge in [0.1, 0.15) is 11.2 Å². The Kier molecular flexibility index (Phi) is 5.61. The largest absolute Gasteiger partial charge is 0.456 e. The van der Waals surface area contributed by atoms with E-state index in [1.165, 1.54) is 11.1 Å². The SMILES string of the molecule is CC1(C)c2cc3c(cc2N(c2ccccc2)c2ccc4cc(C=C5C(=O)c6cc7ccccc7cc6C5=O)ccc4c21)oc1ccccc13. The molecule has 1 aromatic heterocycles. The van der Waals surface area contributed by atoms with Gasteiger partial charge < -0.3 is 9.32 Å². The lowest BCUT2D eigenvalue weighted by Crippen LogP contribution is -2.31. The van der Waals surface area contributed by atoms with E-state index in [9.17, 15) is 9.59 Å². The Balaban J connectivity index is 1.15. The summed E-state index contributed by atoms with van der Waals surface area (Å²) in [6.07, 6.45) is 1.76. The van der Waals surface area contributed by atoms with Gasteiger partial charge in [-0.2, -0.15) is 0 Å². The number of Topliss-reactive ketones (excluding diaryl/α,β-unsaturated/α-hetero) is 2. The molecule has 0 saturated heterocycles. The van der Waals surface area contributed by atoms with Crippen LogP contribution in [0.2, 0.25) is 0 Å². The highest BCUT2D eigenvalue weighted by Crippen LogP contribution is 2.55. The van der Waals surface area contributed by atoms with Crippen molar-refractivity contribution in [2.45, 2.75) is 19.3 Å². The Morgan fingerprint density at radius 3 is 2.02 bits per heavy atom. The van der Waals surface area contributed by atoms with Crippen LogP contribution in [0.25, 0.3) is 49.6 Å². The first-order valence-corrected chi connectivity index (χ1v) is 16.6. The van der Waals surface area contributed by atoms with Crippen LogP contribution in [0.1, 0.15) is 51.3 Å². The molecule has 49 heavy (non-hydrogen) atoms. The van der Waals surface area contributed by atoms with Crippen molar-refractivity contribution in [2.24, 2.45) is 0 Å². The van der Waals surface area contributed by atoms with Gasteiger partial charge in [-0.1, -0.05) is 92.7 Å². The van der Waals surface area contributed by atoms with Crippen molar-refractivity contribution in [1.29, 1.82) is 0 Å². The molecule has 0 N–H and O–H groups in total. The van der Waals surface area contributed by atoms with Gasteiger partial charge >= 0.3 is 0 Å². The van der Waals surface area contributed by atoms with Crippen LogP contribution in [-0.4, -0.2) is 11.6 Å². The Morgan fingerprint density at radius 1 is 0.571 bits per heavy atom. The molecule has 0 fully saturated rings. The monoisotopic (exact) mass is 631 g/mol. The summed E-state index contributed by atoms with van der Waals surface area (Å²) >= 11 is 0. The van der Waals surface area contributed by atoms with Gasteiger partial charge in [0.15, 0.2) is 11.6 Å². The van der Waals surface area contributed by atoms with Gasteiger partial charge in [0, 0.05) is 39.1 Å². The molecule has 4 nitrogen and oxygen atoms in total. The summed E-state index contributed by atoms with van der Waals surface area (Å²) in [6.45, 7) is 4.60. The molecule has 8 aromatic rings. The molecular formula is C45H29NO3. The Morgan fingerprint density at radius 2 is 1.27 bits per heavy atom. The number of anilines is 3. The lowest BCUT2D eigenvalue weighted by molar-refractivity contribution is 0.0990. The van der Waals surface area contributed by atoms with E-state index in [1.54, 1.807) is 6.08 Å². The standard InChI is InChI=1S/C45H29NO3/c1-45(2)37-24-33-32-14-8-9-15-40(32)49-41(33)25-39(37)46(30-12-4-3-5-13-30)38-19-17-29-20-26(16-18-31(29)42(38)45)21-36-43(47)34-22-27-10-6-7-11-28(27)23-35(34)44(36)48/h3-25H,1-2H3. The van der Waals surface area contributed by atoms with Crippen molar-refractivity contribution in [3.05, 3.63) is 167 Å². The number of allylic oxidation sites excluding steroid dienone is 1. The van der Waals surface area contributed by atoms with E-state index in [0.717, 1.165) is 66.1 Å². The molecule has 0 amide bonds. The third-order valence-electron chi connectivity index (χ3n) is 10.5. The van der Waals surface area contributed by atoms with Crippen molar-refractivity contribution in [1.82, 2.24) is 0 Å². The Bertz CT molecular complexity index is 2730. The highest BCUT2D eigenvalue weighted by molar-refractivity contribution is 6.42. The van der Waals surface area contributed by atoms with Crippen molar-refractivity contribution >= 4 is 78.2 Å². The minimum atomic E-state index is -0.358. The molecule has 0 saturated carbocycles. The maximum Gasteiger partial charge on any atom is 0.197 e. The quantitative estimate of drug-likeness (QED) is 0.141. The molecular weight excluding hydrogens is 602 g/mol. The third-order valence-corrected chi connectivity index (χ3v) is 10.5. The predicted molar refractivity (Wildman–Crippen MR) is 199 cm³/mol. The molecule has 0 bridgehead atoms. The second-order valence-corrected chi connectivity index (χ2v) is 13.7. The van der Waals surface area contributed by atoms with E-state index in [-0.39, 0.29) is 22.6 Å². The van der Waals surface area contributed by atoms with Gasteiger partial charge in [0.2, 0.25) is 0 Å². The molecule has 7 aromatic carbocycles. The van der Waals surface area contributed by atoms with Gasteiger partial charge in [-0.25, -0.2) is 0 Å². The zero-order chi connectivity index (χ0) is 33.0. The number of hydrogen-bond donors (Lipinski definition) is 0. The van der Waals surface area contributed by atoms with E-state index in [4.69, 9.17) is 4.42 Å². The van der Waals surface area contributed by atoms with E-state index < -0.39 is 0 Å². The Hall–Kier alpha value is -6.26. The number of ketones is 2. The summed E-state index contributed by atoms with van der Waals surface area (Å²) < 4.78 is 6.37. The summed E-state index contributed by atoms with van der Waals surface area (Å²) in [5.74, 6) is -0.434. The summed E-state index contributed by atoms with van der Waals surface area (Å²) in [6, 6.07) is 45.3. The zero-order valence-corrected chi connectivity index (χ0v) is 27.0. The summed E-state index contributed by atoms with van der Waals surface area (Å²) in [5.41, 5.74) is 9.10. The number of nitrogens with zero attached hydrogens (tertiary/aromatic N) is 1. The lowest BCUT2D eigenvalue weighted by atomic mass is 9.71. The average Bonchev–Trinajstić information content (AvgIpc) is 3.60. The van der Waals surface area contributed by atoms with E-state index in [0.29, 0.717) is 11.1 Å². The summed E-state index contributed by atoms with van der Waals surface area (Å²) in [7, 11) is 0. The maximum atomic E-state index is 13.5. The molecule has 232 valence electrons. The normalized spacial score (nSPS) is 14.9. The lowest BCUT2D eigenvalue weighted by Gasteiger charge is -2.42. The minimum Gasteiger partial charge on any atom is -0.456 e.